The molecule has 0 bridgehead atoms. The first kappa shape index (κ1) is 42.8. The van der Waals surface area contributed by atoms with Crippen molar-refractivity contribution in [2.75, 3.05) is 23.7 Å². The molecule has 324 valence electrons. The van der Waals surface area contributed by atoms with E-state index in [2.05, 4.69) is 55.0 Å². The summed E-state index contributed by atoms with van der Waals surface area (Å²) in [7, 11) is 0. The number of amides is 1. The van der Waals surface area contributed by atoms with E-state index in [1.54, 1.807) is 40.8 Å². The van der Waals surface area contributed by atoms with Gasteiger partial charge in [0.1, 0.15) is 37.7 Å². The Morgan fingerprint density at radius 3 is 1.81 bits per heavy atom. The summed E-state index contributed by atoms with van der Waals surface area (Å²) >= 11 is 5.46. The van der Waals surface area contributed by atoms with E-state index in [4.69, 9.17) is 4.74 Å². The van der Waals surface area contributed by atoms with Gasteiger partial charge in [-0.2, -0.15) is 0 Å². The van der Waals surface area contributed by atoms with Gasteiger partial charge in [-0.3, -0.25) is 0 Å². The third-order valence-electron chi connectivity index (χ3n) is 10.7. The number of carbonyl (C=O) groups is 1. The molecule has 2 atom stereocenters. The van der Waals surface area contributed by atoms with Crippen LogP contribution in [0.1, 0.15) is 57.2 Å². The molecule has 0 saturated carbocycles. The molecule has 10 nitrogen and oxygen atoms in total. The van der Waals surface area contributed by atoms with Crippen molar-refractivity contribution < 1.29 is 27.1 Å². The summed E-state index contributed by atoms with van der Waals surface area (Å²) in [6, 6.07) is 10.1. The Labute approximate surface area is 375 Å². The first-order chi connectivity index (χ1) is 30.2. The Morgan fingerprint density at radius 2 is 1.29 bits per heavy atom. The molecule has 63 heavy (non-hydrogen) atoms. The van der Waals surface area contributed by atoms with E-state index < -0.39 is 28.9 Å². The predicted molar refractivity (Wildman–Crippen MR) is 250 cm³/mol. The Bertz CT molecular complexity index is 3110. The van der Waals surface area contributed by atoms with Crippen LogP contribution in [0.4, 0.5) is 45.1 Å². The lowest BCUT2D eigenvalue weighted by molar-refractivity contribution is 0.0214. The highest BCUT2D eigenvalue weighted by molar-refractivity contribution is 7.20. The van der Waals surface area contributed by atoms with Crippen LogP contribution in [0, 0.1) is 23.3 Å². The number of benzene rings is 2. The van der Waals surface area contributed by atoms with Gasteiger partial charge < -0.3 is 25.6 Å². The highest BCUT2D eigenvalue weighted by Crippen LogP contribution is 2.41. The first-order valence-corrected chi connectivity index (χ1v) is 23.5. The predicted octanol–water partition coefficient (Wildman–Crippen LogP) is 13.0. The van der Waals surface area contributed by atoms with E-state index in [-0.39, 0.29) is 40.6 Å². The largest absolute Gasteiger partial charge is 0.444 e. The number of ether oxygens (including phenoxy) is 1. The molecule has 0 fully saturated rings. The number of thiazole rings is 2. The van der Waals surface area contributed by atoms with Crippen molar-refractivity contribution in [1.29, 1.82) is 0 Å². The van der Waals surface area contributed by atoms with Gasteiger partial charge in [0.25, 0.3) is 0 Å². The molecule has 8 heterocycles. The molecule has 10 rings (SSSR count). The third-order valence-corrected chi connectivity index (χ3v) is 14.4. The Morgan fingerprint density at radius 1 is 0.762 bits per heavy atom. The zero-order valence-corrected chi connectivity index (χ0v) is 37.9. The number of pyridine rings is 2. The summed E-state index contributed by atoms with van der Waals surface area (Å²) in [5, 5.41) is 10.9. The van der Waals surface area contributed by atoms with Crippen LogP contribution in [0.5, 0.6) is 0 Å². The number of aromatic nitrogens is 4. The number of anilines is 4. The summed E-state index contributed by atoms with van der Waals surface area (Å²) < 4.78 is 65.6. The molecular weight excluding hydrogens is 889 g/mol. The average molecular weight is 929 g/mol. The van der Waals surface area contributed by atoms with E-state index in [0.29, 0.717) is 33.7 Å². The van der Waals surface area contributed by atoms with Gasteiger partial charge in [-0.1, -0.05) is 12.2 Å². The number of nitrogens with zero attached hydrogens (tertiary/aromatic N) is 5. The fourth-order valence-electron chi connectivity index (χ4n) is 7.64. The SMILES string of the molecule is CC1C(c2cc3c(Nc4c(F)cc5scnc5c4F)ccnc3s2)=CCCN1C(=O)OC(C)(C)C.CC1NCCC=C1c1cc2c(Nc3c(F)cc4scnc4c3F)ccnc2s1. The number of rotatable bonds is 6. The highest BCUT2D eigenvalue weighted by atomic mass is 32.1. The van der Waals surface area contributed by atoms with Crippen LogP contribution in [-0.4, -0.2) is 61.7 Å². The monoisotopic (exact) mass is 928 g/mol. The second-order valence-electron chi connectivity index (χ2n) is 16.0. The van der Waals surface area contributed by atoms with Gasteiger partial charge in [-0.05, 0) is 102 Å². The normalized spacial score (nSPS) is 16.9. The molecule has 1 amide bonds. The van der Waals surface area contributed by atoms with E-state index in [0.717, 1.165) is 48.7 Å². The maximum absolute atomic E-state index is 15.0. The van der Waals surface area contributed by atoms with Crippen LogP contribution in [-0.2, 0) is 4.74 Å². The fraction of sp³-hybridized carbons (Fsp3) is 0.267. The first-order valence-electron chi connectivity index (χ1n) is 20.1. The van der Waals surface area contributed by atoms with Gasteiger partial charge in [-0.25, -0.2) is 42.3 Å². The second-order valence-corrected chi connectivity index (χ2v) is 19.9. The lowest BCUT2D eigenvalue weighted by atomic mass is 10.00. The molecule has 8 aromatic rings. The molecule has 2 unspecified atom stereocenters. The fourth-order valence-corrected chi connectivity index (χ4v) is 11.3. The van der Waals surface area contributed by atoms with Crippen molar-refractivity contribution in [3.63, 3.8) is 0 Å². The molecule has 6 aromatic heterocycles. The number of hydrogen-bond donors (Lipinski definition) is 3. The minimum Gasteiger partial charge on any atom is -0.444 e. The number of thiophene rings is 2. The molecule has 0 spiro atoms. The lowest BCUT2D eigenvalue weighted by Crippen LogP contribution is -2.44. The number of halogens is 4. The van der Waals surface area contributed by atoms with Crippen LogP contribution in [0.3, 0.4) is 0 Å². The van der Waals surface area contributed by atoms with Crippen molar-refractivity contribution in [1.82, 2.24) is 30.2 Å². The number of carbonyl (C=O) groups excluding carboxylic acids is 1. The van der Waals surface area contributed by atoms with Gasteiger partial charge in [-0.15, -0.1) is 45.3 Å². The van der Waals surface area contributed by atoms with Gasteiger partial charge in [0.15, 0.2) is 23.3 Å². The van der Waals surface area contributed by atoms with Crippen LogP contribution in [0.15, 0.2) is 72.0 Å². The number of hydrogen-bond acceptors (Lipinski definition) is 13. The Balaban J connectivity index is 0.000000164. The quantitative estimate of drug-likeness (QED) is 0.140. The van der Waals surface area contributed by atoms with E-state index >= 15 is 4.39 Å². The molecule has 3 N–H and O–H groups in total. The second kappa shape index (κ2) is 17.2. The topological polar surface area (TPSA) is 117 Å². The smallest absolute Gasteiger partial charge is 0.410 e. The summed E-state index contributed by atoms with van der Waals surface area (Å²) in [6.45, 7) is 11.2. The molecule has 2 aliphatic rings. The zero-order valence-electron chi connectivity index (χ0n) is 34.6. The van der Waals surface area contributed by atoms with Gasteiger partial charge in [0, 0.05) is 45.5 Å². The summed E-state index contributed by atoms with van der Waals surface area (Å²) in [4.78, 5) is 35.0. The van der Waals surface area contributed by atoms with Crippen molar-refractivity contribution in [3.8, 4) is 0 Å². The Hall–Kier alpha value is -5.53. The van der Waals surface area contributed by atoms with Crippen molar-refractivity contribution >= 4 is 126 Å². The van der Waals surface area contributed by atoms with Crippen LogP contribution >= 0.6 is 45.3 Å². The zero-order chi connectivity index (χ0) is 44.2. The molecule has 2 aromatic carbocycles. The summed E-state index contributed by atoms with van der Waals surface area (Å²) in [6.07, 6.45) is 8.97. The maximum atomic E-state index is 15.0. The molecule has 0 aliphatic carbocycles. The number of nitrogens with one attached hydrogen (secondary N) is 3. The molecule has 2 aliphatic heterocycles. The van der Waals surface area contributed by atoms with Crippen molar-refractivity contribution in [3.05, 3.63) is 105 Å². The lowest BCUT2D eigenvalue weighted by Gasteiger charge is -2.35. The maximum Gasteiger partial charge on any atom is 0.410 e. The van der Waals surface area contributed by atoms with Gasteiger partial charge in [0.2, 0.25) is 0 Å². The average Bonchev–Trinajstić information content (AvgIpc) is 4.08. The number of fused-ring (bicyclic) bond motifs is 4. The summed E-state index contributed by atoms with van der Waals surface area (Å²) in [5.41, 5.74) is 5.71. The Kier molecular flexibility index (Phi) is 11.7. The van der Waals surface area contributed by atoms with Crippen LogP contribution in [0.2, 0.25) is 0 Å². The van der Waals surface area contributed by atoms with Crippen LogP contribution < -0.4 is 16.0 Å². The van der Waals surface area contributed by atoms with Gasteiger partial charge in [0.05, 0.1) is 37.8 Å². The van der Waals surface area contributed by atoms with Crippen LogP contribution in [0.25, 0.3) is 52.0 Å². The minimum absolute atomic E-state index is 0.138. The molecule has 0 radical (unpaired) electrons. The van der Waals surface area contributed by atoms with E-state index in [9.17, 15) is 18.0 Å². The molecule has 18 heteroatoms. The highest BCUT2D eigenvalue weighted by Gasteiger charge is 2.31. The standard InChI is InChI=1S/C25H24F2N4O2S2.C20H16F2N4S2/c1-13-14(6-5-9-31(13)24(32)33-25(2,3)4)18-10-15-17(7-8-28-23(15)35-18)30-21-16(26)11-19-22(20(21)27)29-12-34-19;1-10-11(3-2-5-23-10)15-7-12-14(4-6-24-20(12)28-15)26-18-13(21)8-16-19(17(18)22)25-9-27-16/h6-8,10-13H,5,9H2,1-4H3,(H,28,30);3-4,6-10,23H,2,5H2,1H3,(H,24,26). The van der Waals surface area contributed by atoms with E-state index in [1.165, 1.54) is 62.7 Å². The minimum atomic E-state index is -0.724. The van der Waals surface area contributed by atoms with Crippen molar-refractivity contribution in [2.45, 2.75) is 65.1 Å². The summed E-state index contributed by atoms with van der Waals surface area (Å²) in [5.74, 6) is -2.72. The molecule has 0 saturated heterocycles. The van der Waals surface area contributed by atoms with Gasteiger partial charge >= 0.3 is 6.09 Å². The molecular formula is C45H40F4N8O2S4. The van der Waals surface area contributed by atoms with Crippen molar-refractivity contribution in [2.24, 2.45) is 0 Å². The third kappa shape index (κ3) is 8.49. The van der Waals surface area contributed by atoms with E-state index in [1.807, 2.05) is 39.8 Å².